The molecule has 0 saturated carbocycles. The molecule has 0 spiro atoms. The number of aromatic nitrogens is 1. The molecule has 3 aromatic rings. The van der Waals surface area contributed by atoms with Gasteiger partial charge in [-0.2, -0.15) is 0 Å². The minimum atomic E-state index is -0.144. The lowest BCUT2D eigenvalue weighted by Crippen LogP contribution is -2.25. The van der Waals surface area contributed by atoms with E-state index in [4.69, 9.17) is 14.2 Å². The van der Waals surface area contributed by atoms with Gasteiger partial charge in [0.05, 0.1) is 7.11 Å². The number of fused-ring (bicyclic) bond motifs is 1. The average Bonchev–Trinajstić information content (AvgIpc) is 3.22. The van der Waals surface area contributed by atoms with Crippen LogP contribution in [0.15, 0.2) is 60.8 Å². The number of nitrogens with one attached hydrogen (secondary N) is 2. The van der Waals surface area contributed by atoms with Crippen LogP contribution >= 0.6 is 0 Å². The van der Waals surface area contributed by atoms with Gasteiger partial charge in [-0.05, 0) is 48.4 Å². The molecule has 0 bridgehead atoms. The highest BCUT2D eigenvalue weighted by atomic mass is 16.7. The van der Waals surface area contributed by atoms with Crippen LogP contribution in [0.5, 0.6) is 17.2 Å². The van der Waals surface area contributed by atoms with Crippen LogP contribution in [0.2, 0.25) is 0 Å². The third-order valence-corrected chi connectivity index (χ3v) is 4.53. The average molecular weight is 391 g/mol. The van der Waals surface area contributed by atoms with Crippen LogP contribution in [0.4, 0.5) is 11.5 Å². The van der Waals surface area contributed by atoms with Gasteiger partial charge in [0.2, 0.25) is 6.79 Å². The molecule has 7 nitrogen and oxygen atoms in total. The van der Waals surface area contributed by atoms with Gasteiger partial charge < -0.3 is 24.8 Å². The number of hydrogen-bond acceptors (Lipinski definition) is 6. The third-order valence-electron chi connectivity index (χ3n) is 4.53. The van der Waals surface area contributed by atoms with Gasteiger partial charge in [0.1, 0.15) is 11.6 Å². The Bertz CT molecular complexity index is 1010. The van der Waals surface area contributed by atoms with Gasteiger partial charge in [-0.1, -0.05) is 12.1 Å². The fraction of sp³-hybridized carbons (Fsp3) is 0.182. The smallest absolute Gasteiger partial charge is 0.251 e. The maximum Gasteiger partial charge on any atom is 0.251 e. The monoisotopic (exact) mass is 391 g/mol. The summed E-state index contributed by atoms with van der Waals surface area (Å²) in [6.07, 6.45) is 2.34. The van der Waals surface area contributed by atoms with Crippen LogP contribution in [0.25, 0.3) is 0 Å². The first-order valence-corrected chi connectivity index (χ1v) is 9.25. The van der Waals surface area contributed by atoms with Crippen molar-refractivity contribution in [1.82, 2.24) is 10.3 Å². The van der Waals surface area contributed by atoms with Crippen LogP contribution in [0, 0.1) is 0 Å². The van der Waals surface area contributed by atoms with Crippen molar-refractivity contribution < 1.29 is 19.0 Å². The summed E-state index contributed by atoms with van der Waals surface area (Å²) in [5.74, 6) is 2.65. The number of anilines is 2. The Balaban J connectivity index is 1.34. The first kappa shape index (κ1) is 18.6. The van der Waals surface area contributed by atoms with Crippen molar-refractivity contribution >= 4 is 17.4 Å². The zero-order chi connectivity index (χ0) is 20.1. The number of pyridine rings is 1. The molecule has 7 heteroatoms. The van der Waals surface area contributed by atoms with Crippen LogP contribution in [-0.2, 0) is 6.42 Å². The van der Waals surface area contributed by atoms with Gasteiger partial charge >= 0.3 is 0 Å². The topological polar surface area (TPSA) is 81.7 Å². The van der Waals surface area contributed by atoms with Gasteiger partial charge in [-0.3, -0.25) is 4.79 Å². The number of benzene rings is 2. The largest absolute Gasteiger partial charge is 0.497 e. The van der Waals surface area contributed by atoms with E-state index in [1.54, 1.807) is 25.4 Å². The fourth-order valence-corrected chi connectivity index (χ4v) is 2.98. The summed E-state index contributed by atoms with van der Waals surface area (Å²) in [5.41, 5.74) is 2.47. The van der Waals surface area contributed by atoms with E-state index in [-0.39, 0.29) is 12.7 Å². The molecule has 2 aromatic carbocycles. The summed E-state index contributed by atoms with van der Waals surface area (Å²) in [7, 11) is 1.64. The van der Waals surface area contributed by atoms with Crippen molar-refractivity contribution in [2.24, 2.45) is 0 Å². The number of ether oxygens (including phenoxy) is 3. The summed E-state index contributed by atoms with van der Waals surface area (Å²) in [4.78, 5) is 16.7. The zero-order valence-corrected chi connectivity index (χ0v) is 16.0. The number of nitrogens with zero attached hydrogens (tertiary/aromatic N) is 1. The van der Waals surface area contributed by atoms with E-state index >= 15 is 0 Å². The second-order valence-corrected chi connectivity index (χ2v) is 6.48. The molecule has 4 rings (SSSR count). The highest BCUT2D eigenvalue weighted by Gasteiger charge is 2.14. The molecule has 1 aliphatic heterocycles. The van der Waals surface area contributed by atoms with Gasteiger partial charge in [0.15, 0.2) is 11.5 Å². The van der Waals surface area contributed by atoms with E-state index in [0.717, 1.165) is 23.4 Å². The van der Waals surface area contributed by atoms with Crippen molar-refractivity contribution in [3.8, 4) is 17.2 Å². The molecular weight excluding hydrogens is 370 g/mol. The first-order chi connectivity index (χ1) is 14.2. The van der Waals surface area contributed by atoms with Gasteiger partial charge in [0.25, 0.3) is 5.91 Å². The lowest BCUT2D eigenvalue weighted by Gasteiger charge is -2.09. The summed E-state index contributed by atoms with van der Waals surface area (Å²) in [6.45, 7) is 0.766. The standard InChI is InChI=1S/C22H21N3O4/c1-27-18-5-2-15(3-6-18)8-10-24-22(26)16-9-11-23-21(12-16)25-17-4-7-19-20(13-17)29-14-28-19/h2-7,9,11-13H,8,10,14H2,1H3,(H,23,25)(H,24,26). The molecule has 29 heavy (non-hydrogen) atoms. The highest BCUT2D eigenvalue weighted by molar-refractivity contribution is 5.94. The first-order valence-electron chi connectivity index (χ1n) is 9.25. The molecule has 2 heterocycles. The lowest BCUT2D eigenvalue weighted by molar-refractivity contribution is 0.0954. The second kappa shape index (κ2) is 8.52. The van der Waals surface area contributed by atoms with Gasteiger partial charge in [-0.25, -0.2) is 4.98 Å². The zero-order valence-electron chi connectivity index (χ0n) is 16.0. The summed E-state index contributed by atoms with van der Waals surface area (Å²) in [6, 6.07) is 16.8. The molecule has 1 aliphatic rings. The molecule has 0 atom stereocenters. The quantitative estimate of drug-likeness (QED) is 0.641. The molecular formula is C22H21N3O4. The minimum Gasteiger partial charge on any atom is -0.497 e. The van der Waals surface area contributed by atoms with E-state index < -0.39 is 0 Å². The maximum atomic E-state index is 12.5. The number of rotatable bonds is 7. The predicted molar refractivity (Wildman–Crippen MR) is 109 cm³/mol. The molecule has 0 saturated heterocycles. The lowest BCUT2D eigenvalue weighted by atomic mass is 10.1. The van der Waals surface area contributed by atoms with Crippen molar-refractivity contribution in [2.45, 2.75) is 6.42 Å². The molecule has 1 aromatic heterocycles. The van der Waals surface area contributed by atoms with Gasteiger partial charge in [0, 0.05) is 30.1 Å². The SMILES string of the molecule is COc1ccc(CCNC(=O)c2ccnc(Nc3ccc4c(c3)OCO4)c2)cc1. The van der Waals surface area contributed by atoms with Crippen LogP contribution < -0.4 is 24.8 Å². The van der Waals surface area contributed by atoms with Gasteiger partial charge in [-0.15, -0.1) is 0 Å². The van der Waals surface area contributed by atoms with E-state index in [1.165, 1.54) is 0 Å². The molecule has 0 fully saturated rings. The summed E-state index contributed by atoms with van der Waals surface area (Å²) in [5, 5.41) is 6.12. The highest BCUT2D eigenvalue weighted by Crippen LogP contribution is 2.34. The van der Waals surface area contributed by atoms with E-state index in [9.17, 15) is 4.79 Å². The molecule has 0 radical (unpaired) electrons. The minimum absolute atomic E-state index is 0.144. The van der Waals surface area contributed by atoms with Crippen LogP contribution in [0.1, 0.15) is 15.9 Å². The summed E-state index contributed by atoms with van der Waals surface area (Å²) >= 11 is 0. The Morgan fingerprint density at radius 1 is 1.07 bits per heavy atom. The van der Waals surface area contributed by atoms with Crippen molar-refractivity contribution in [1.29, 1.82) is 0 Å². The second-order valence-electron chi connectivity index (χ2n) is 6.48. The number of hydrogen-bond donors (Lipinski definition) is 2. The molecule has 148 valence electrons. The van der Waals surface area contributed by atoms with Crippen LogP contribution in [0.3, 0.4) is 0 Å². The normalized spacial score (nSPS) is 11.8. The number of carbonyl (C=O) groups excluding carboxylic acids is 1. The Kier molecular flexibility index (Phi) is 5.47. The Labute approximate surface area is 168 Å². The number of amides is 1. The molecule has 2 N–H and O–H groups in total. The number of carbonyl (C=O) groups is 1. The van der Waals surface area contributed by atoms with Crippen molar-refractivity contribution in [3.63, 3.8) is 0 Å². The van der Waals surface area contributed by atoms with Crippen LogP contribution in [-0.4, -0.2) is 31.3 Å². The van der Waals surface area contributed by atoms with E-state index in [1.807, 2.05) is 42.5 Å². The molecule has 0 unspecified atom stereocenters. The number of methoxy groups -OCH3 is 1. The molecule has 1 amide bonds. The third kappa shape index (κ3) is 4.57. The maximum absolute atomic E-state index is 12.5. The Hall–Kier alpha value is -3.74. The predicted octanol–water partition coefficient (Wildman–Crippen LogP) is 3.54. The van der Waals surface area contributed by atoms with E-state index in [2.05, 4.69) is 15.6 Å². The Morgan fingerprint density at radius 2 is 1.90 bits per heavy atom. The van der Waals surface area contributed by atoms with Crippen molar-refractivity contribution in [2.75, 3.05) is 25.8 Å². The summed E-state index contributed by atoms with van der Waals surface area (Å²) < 4.78 is 15.8. The Morgan fingerprint density at radius 3 is 2.72 bits per heavy atom. The van der Waals surface area contributed by atoms with E-state index in [0.29, 0.717) is 29.4 Å². The molecule has 0 aliphatic carbocycles. The fourth-order valence-electron chi connectivity index (χ4n) is 2.98. The van der Waals surface area contributed by atoms with Crippen molar-refractivity contribution in [3.05, 3.63) is 71.9 Å².